The molecule has 1 fully saturated rings. The van der Waals surface area contributed by atoms with Gasteiger partial charge in [0, 0.05) is 13.5 Å². The van der Waals surface area contributed by atoms with E-state index in [4.69, 9.17) is 0 Å². The van der Waals surface area contributed by atoms with Crippen LogP contribution in [0.15, 0.2) is 0 Å². The lowest BCUT2D eigenvalue weighted by atomic mass is 9.72. The highest BCUT2D eigenvalue weighted by atomic mass is 16.4. The predicted octanol–water partition coefficient (Wildman–Crippen LogP) is 1.89. The van der Waals surface area contributed by atoms with Gasteiger partial charge in [0.2, 0.25) is 5.91 Å². The Morgan fingerprint density at radius 1 is 1.44 bits per heavy atom. The fourth-order valence-corrected chi connectivity index (χ4v) is 2.95. The topological polar surface area (TPSA) is 57.6 Å². The summed E-state index contributed by atoms with van der Waals surface area (Å²) in [5.41, 5.74) is -0.973. The van der Waals surface area contributed by atoms with Gasteiger partial charge in [-0.2, -0.15) is 0 Å². The van der Waals surface area contributed by atoms with Gasteiger partial charge in [-0.3, -0.25) is 4.79 Å². The van der Waals surface area contributed by atoms with E-state index in [0.29, 0.717) is 13.0 Å². The van der Waals surface area contributed by atoms with E-state index in [2.05, 4.69) is 0 Å². The lowest BCUT2D eigenvalue weighted by Crippen LogP contribution is -2.61. The average molecular weight is 227 g/mol. The van der Waals surface area contributed by atoms with Gasteiger partial charge in [-0.05, 0) is 25.7 Å². The highest BCUT2D eigenvalue weighted by Gasteiger charge is 2.50. The summed E-state index contributed by atoms with van der Waals surface area (Å²) >= 11 is 0. The Hall–Kier alpha value is -1.06. The van der Waals surface area contributed by atoms with Gasteiger partial charge < -0.3 is 10.0 Å². The molecule has 0 radical (unpaired) electrons. The molecule has 0 aliphatic heterocycles. The van der Waals surface area contributed by atoms with Crippen LogP contribution < -0.4 is 0 Å². The molecule has 0 spiro atoms. The smallest absolute Gasteiger partial charge is 0.329 e. The number of nitrogens with zero attached hydrogens (tertiary/aromatic N) is 1. The molecule has 0 bridgehead atoms. The number of carboxylic acid groups (broad SMARTS) is 1. The van der Waals surface area contributed by atoms with Gasteiger partial charge >= 0.3 is 5.97 Å². The van der Waals surface area contributed by atoms with Crippen molar-refractivity contribution in [3.63, 3.8) is 0 Å². The SMILES string of the molecule is CCN(C(C)=O)C1(C(=O)O)CCCCC1C. The number of amides is 1. The van der Waals surface area contributed by atoms with E-state index in [0.717, 1.165) is 19.3 Å². The first-order chi connectivity index (χ1) is 7.46. The maximum atomic E-state index is 11.6. The molecule has 0 heterocycles. The number of hydrogen-bond donors (Lipinski definition) is 1. The normalized spacial score (nSPS) is 29.8. The van der Waals surface area contributed by atoms with Crippen molar-refractivity contribution in [2.75, 3.05) is 6.54 Å². The predicted molar refractivity (Wildman–Crippen MR) is 61.1 cm³/mol. The fourth-order valence-electron chi connectivity index (χ4n) is 2.95. The van der Waals surface area contributed by atoms with E-state index in [-0.39, 0.29) is 11.8 Å². The van der Waals surface area contributed by atoms with Gasteiger partial charge in [0.05, 0.1) is 0 Å². The molecule has 16 heavy (non-hydrogen) atoms. The molecular formula is C12H21NO3. The standard InChI is InChI=1S/C12H21NO3/c1-4-13(10(3)14)12(11(15)16)8-6-5-7-9(12)2/h9H,4-8H2,1-3H3,(H,15,16). The van der Waals surface area contributed by atoms with E-state index < -0.39 is 11.5 Å². The molecule has 1 saturated carbocycles. The minimum atomic E-state index is -0.973. The van der Waals surface area contributed by atoms with E-state index in [1.165, 1.54) is 11.8 Å². The summed E-state index contributed by atoms with van der Waals surface area (Å²) in [6.45, 7) is 5.70. The van der Waals surface area contributed by atoms with Gasteiger partial charge in [-0.1, -0.05) is 19.8 Å². The average Bonchev–Trinajstić information content (AvgIpc) is 2.21. The number of rotatable bonds is 3. The van der Waals surface area contributed by atoms with Crippen molar-refractivity contribution in [3.05, 3.63) is 0 Å². The molecule has 0 aromatic carbocycles. The largest absolute Gasteiger partial charge is 0.479 e. The zero-order valence-electron chi connectivity index (χ0n) is 10.3. The molecule has 0 aromatic rings. The van der Waals surface area contributed by atoms with Crippen molar-refractivity contribution in [2.24, 2.45) is 5.92 Å². The second-order valence-electron chi connectivity index (χ2n) is 4.64. The van der Waals surface area contributed by atoms with Crippen molar-refractivity contribution in [3.8, 4) is 0 Å². The van der Waals surface area contributed by atoms with E-state index >= 15 is 0 Å². The number of aliphatic carboxylic acids is 1. The minimum Gasteiger partial charge on any atom is -0.479 e. The van der Waals surface area contributed by atoms with Crippen LogP contribution in [0.3, 0.4) is 0 Å². The first-order valence-corrected chi connectivity index (χ1v) is 5.98. The van der Waals surface area contributed by atoms with Crippen LogP contribution in [0.1, 0.15) is 46.5 Å². The van der Waals surface area contributed by atoms with Crippen LogP contribution in [-0.2, 0) is 9.59 Å². The zero-order chi connectivity index (χ0) is 12.3. The van der Waals surface area contributed by atoms with Gasteiger partial charge in [-0.25, -0.2) is 4.79 Å². The summed E-state index contributed by atoms with van der Waals surface area (Å²) < 4.78 is 0. The quantitative estimate of drug-likeness (QED) is 0.801. The van der Waals surface area contributed by atoms with Crippen molar-refractivity contribution in [1.29, 1.82) is 0 Å². The van der Waals surface area contributed by atoms with Crippen molar-refractivity contribution >= 4 is 11.9 Å². The molecule has 2 unspecified atom stereocenters. The van der Waals surface area contributed by atoms with E-state index in [9.17, 15) is 14.7 Å². The third-order valence-electron chi connectivity index (χ3n) is 3.81. The second kappa shape index (κ2) is 4.85. The molecule has 0 aromatic heterocycles. The highest BCUT2D eigenvalue weighted by molar-refractivity contribution is 5.86. The van der Waals surface area contributed by atoms with Crippen LogP contribution in [0.2, 0.25) is 0 Å². The summed E-state index contributed by atoms with van der Waals surface area (Å²) in [7, 11) is 0. The third-order valence-corrected chi connectivity index (χ3v) is 3.81. The lowest BCUT2D eigenvalue weighted by molar-refractivity contribution is -0.165. The van der Waals surface area contributed by atoms with Gasteiger partial charge in [0.1, 0.15) is 5.54 Å². The van der Waals surface area contributed by atoms with Gasteiger partial charge in [0.25, 0.3) is 0 Å². The molecule has 4 heteroatoms. The molecule has 0 saturated heterocycles. The Morgan fingerprint density at radius 3 is 2.44 bits per heavy atom. The summed E-state index contributed by atoms with van der Waals surface area (Å²) in [6.07, 6.45) is 3.42. The van der Waals surface area contributed by atoms with Crippen LogP contribution in [0.5, 0.6) is 0 Å². The number of carboxylic acids is 1. The van der Waals surface area contributed by atoms with Crippen LogP contribution in [0, 0.1) is 5.92 Å². The monoisotopic (exact) mass is 227 g/mol. The second-order valence-corrected chi connectivity index (χ2v) is 4.64. The van der Waals surface area contributed by atoms with Crippen LogP contribution >= 0.6 is 0 Å². The Bertz CT molecular complexity index is 290. The summed E-state index contributed by atoms with van der Waals surface area (Å²) in [5, 5.41) is 9.52. The van der Waals surface area contributed by atoms with Crippen molar-refractivity contribution in [2.45, 2.75) is 52.0 Å². The molecule has 92 valence electrons. The molecule has 1 aliphatic carbocycles. The minimum absolute atomic E-state index is 0.0302. The lowest BCUT2D eigenvalue weighted by Gasteiger charge is -2.46. The first kappa shape index (κ1) is 13.0. The Kier molecular flexibility index (Phi) is 3.94. The molecule has 4 nitrogen and oxygen atoms in total. The summed E-state index contributed by atoms with van der Waals surface area (Å²) in [6, 6.07) is 0. The number of likely N-dealkylation sites (N-methyl/N-ethyl adjacent to an activating group) is 1. The Morgan fingerprint density at radius 2 is 2.06 bits per heavy atom. The highest BCUT2D eigenvalue weighted by Crippen LogP contribution is 2.38. The zero-order valence-corrected chi connectivity index (χ0v) is 10.3. The van der Waals surface area contributed by atoms with Gasteiger partial charge in [-0.15, -0.1) is 0 Å². The Balaban J connectivity index is 3.12. The molecule has 1 aliphatic rings. The summed E-state index contributed by atoms with van der Waals surface area (Å²) in [5.74, 6) is -0.960. The number of carbonyl (C=O) groups is 2. The van der Waals surface area contributed by atoms with E-state index in [1.54, 1.807) is 0 Å². The molecular weight excluding hydrogens is 206 g/mol. The number of hydrogen-bond acceptors (Lipinski definition) is 2. The molecule has 2 atom stereocenters. The van der Waals surface area contributed by atoms with Crippen LogP contribution in [0.25, 0.3) is 0 Å². The molecule has 1 amide bonds. The third kappa shape index (κ3) is 1.93. The molecule has 1 rings (SSSR count). The molecule has 1 N–H and O–H groups in total. The van der Waals surface area contributed by atoms with Crippen LogP contribution in [0.4, 0.5) is 0 Å². The fraction of sp³-hybridized carbons (Fsp3) is 0.833. The van der Waals surface area contributed by atoms with Gasteiger partial charge in [0.15, 0.2) is 0 Å². The number of carbonyl (C=O) groups excluding carboxylic acids is 1. The Labute approximate surface area is 96.6 Å². The first-order valence-electron chi connectivity index (χ1n) is 5.98. The van der Waals surface area contributed by atoms with Crippen molar-refractivity contribution in [1.82, 2.24) is 4.90 Å². The summed E-state index contributed by atoms with van der Waals surface area (Å²) in [4.78, 5) is 24.7. The van der Waals surface area contributed by atoms with Crippen LogP contribution in [-0.4, -0.2) is 34.0 Å². The van der Waals surface area contributed by atoms with Crippen molar-refractivity contribution < 1.29 is 14.7 Å². The maximum Gasteiger partial charge on any atom is 0.329 e. The van der Waals surface area contributed by atoms with E-state index in [1.807, 2.05) is 13.8 Å². The maximum absolute atomic E-state index is 11.6.